The summed E-state index contributed by atoms with van der Waals surface area (Å²) in [5.74, 6) is -0.290. The van der Waals surface area contributed by atoms with E-state index in [0.29, 0.717) is 22.8 Å². The highest BCUT2D eigenvalue weighted by atomic mass is 35.5. The number of benzene rings is 2. The number of carbonyl (C=O) groups excluding carboxylic acids is 2. The molecule has 0 atom stereocenters. The Morgan fingerprint density at radius 3 is 2.41 bits per heavy atom. The molecule has 0 aliphatic heterocycles. The number of aromatic amines is 1. The SMILES string of the molecule is CC(C)N(C)C(=O)c1ccc(CNC(=O)c2[nH]c3ccccc3c2Cl)cc1. The molecular weight excluding hydrogens is 362 g/mol. The largest absolute Gasteiger partial charge is 0.349 e. The monoisotopic (exact) mass is 383 g/mol. The Bertz CT molecular complexity index is 977. The molecule has 140 valence electrons. The first-order valence-electron chi connectivity index (χ1n) is 8.79. The summed E-state index contributed by atoms with van der Waals surface area (Å²) in [6.07, 6.45) is 0. The van der Waals surface area contributed by atoms with Gasteiger partial charge in [0, 0.05) is 36.1 Å². The second kappa shape index (κ2) is 7.84. The summed E-state index contributed by atoms with van der Waals surface area (Å²) in [6.45, 7) is 4.28. The second-order valence-electron chi connectivity index (χ2n) is 6.75. The van der Waals surface area contributed by atoms with Crippen molar-refractivity contribution >= 4 is 34.3 Å². The Morgan fingerprint density at radius 1 is 1.11 bits per heavy atom. The van der Waals surface area contributed by atoms with E-state index >= 15 is 0 Å². The fraction of sp³-hybridized carbons (Fsp3) is 0.238. The van der Waals surface area contributed by atoms with Crippen molar-refractivity contribution in [2.45, 2.75) is 26.4 Å². The minimum atomic E-state index is -0.268. The minimum Gasteiger partial charge on any atom is -0.349 e. The zero-order valence-corrected chi connectivity index (χ0v) is 16.3. The fourth-order valence-corrected chi connectivity index (χ4v) is 3.04. The first-order valence-corrected chi connectivity index (χ1v) is 9.16. The lowest BCUT2D eigenvalue weighted by Crippen LogP contribution is -2.32. The van der Waals surface area contributed by atoms with Gasteiger partial charge in [0.2, 0.25) is 0 Å². The summed E-state index contributed by atoms with van der Waals surface area (Å²) in [4.78, 5) is 29.5. The van der Waals surface area contributed by atoms with Crippen molar-refractivity contribution in [2.24, 2.45) is 0 Å². The summed E-state index contributed by atoms with van der Waals surface area (Å²) >= 11 is 6.31. The molecule has 3 aromatic rings. The average molecular weight is 384 g/mol. The van der Waals surface area contributed by atoms with Gasteiger partial charge in [0.15, 0.2) is 0 Å². The number of rotatable bonds is 5. The third-order valence-corrected chi connectivity index (χ3v) is 5.01. The number of hydrogen-bond acceptors (Lipinski definition) is 2. The molecule has 2 amide bonds. The number of fused-ring (bicyclic) bond motifs is 1. The molecule has 1 aromatic heterocycles. The predicted octanol–water partition coefficient (Wildman–Crippen LogP) is 4.23. The van der Waals surface area contributed by atoms with E-state index in [-0.39, 0.29) is 17.9 Å². The van der Waals surface area contributed by atoms with Crippen LogP contribution in [0.3, 0.4) is 0 Å². The molecule has 6 heteroatoms. The van der Waals surface area contributed by atoms with Crippen LogP contribution in [0, 0.1) is 0 Å². The van der Waals surface area contributed by atoms with Crippen LogP contribution in [-0.4, -0.2) is 34.8 Å². The molecule has 0 spiro atoms. The van der Waals surface area contributed by atoms with Gasteiger partial charge in [-0.05, 0) is 37.6 Å². The Morgan fingerprint density at radius 2 is 1.78 bits per heavy atom. The number of carbonyl (C=O) groups is 2. The van der Waals surface area contributed by atoms with E-state index < -0.39 is 0 Å². The number of nitrogens with zero attached hydrogens (tertiary/aromatic N) is 1. The summed E-state index contributed by atoms with van der Waals surface area (Å²) in [5, 5.41) is 4.09. The molecule has 5 nitrogen and oxygen atoms in total. The lowest BCUT2D eigenvalue weighted by molar-refractivity contribution is 0.0754. The summed E-state index contributed by atoms with van der Waals surface area (Å²) in [6, 6.07) is 14.9. The normalized spacial score (nSPS) is 11.0. The van der Waals surface area contributed by atoms with Gasteiger partial charge in [-0.1, -0.05) is 41.9 Å². The van der Waals surface area contributed by atoms with Crippen LogP contribution in [0.2, 0.25) is 5.02 Å². The zero-order valence-electron chi connectivity index (χ0n) is 15.5. The van der Waals surface area contributed by atoms with Gasteiger partial charge in [0.1, 0.15) is 5.69 Å². The van der Waals surface area contributed by atoms with Gasteiger partial charge in [-0.15, -0.1) is 0 Å². The molecule has 0 saturated heterocycles. The van der Waals surface area contributed by atoms with Crippen LogP contribution in [0.4, 0.5) is 0 Å². The lowest BCUT2D eigenvalue weighted by atomic mass is 10.1. The number of halogens is 1. The number of nitrogens with one attached hydrogen (secondary N) is 2. The molecule has 1 heterocycles. The van der Waals surface area contributed by atoms with Crippen molar-refractivity contribution < 1.29 is 9.59 Å². The molecule has 27 heavy (non-hydrogen) atoms. The third-order valence-electron chi connectivity index (χ3n) is 4.62. The van der Waals surface area contributed by atoms with E-state index in [9.17, 15) is 9.59 Å². The highest BCUT2D eigenvalue weighted by molar-refractivity contribution is 6.38. The van der Waals surface area contributed by atoms with E-state index in [4.69, 9.17) is 11.6 Å². The van der Waals surface area contributed by atoms with Crippen molar-refractivity contribution in [1.29, 1.82) is 0 Å². The second-order valence-corrected chi connectivity index (χ2v) is 7.13. The van der Waals surface area contributed by atoms with Crippen LogP contribution >= 0.6 is 11.6 Å². The van der Waals surface area contributed by atoms with E-state index in [2.05, 4.69) is 10.3 Å². The first-order chi connectivity index (χ1) is 12.9. The molecule has 3 rings (SSSR count). The number of H-pyrrole nitrogens is 1. The van der Waals surface area contributed by atoms with Crippen LogP contribution in [0.5, 0.6) is 0 Å². The van der Waals surface area contributed by atoms with Gasteiger partial charge in [-0.2, -0.15) is 0 Å². The van der Waals surface area contributed by atoms with Crippen molar-refractivity contribution in [3.63, 3.8) is 0 Å². The summed E-state index contributed by atoms with van der Waals surface area (Å²) in [7, 11) is 1.78. The molecule has 0 bridgehead atoms. The fourth-order valence-electron chi connectivity index (χ4n) is 2.74. The van der Waals surface area contributed by atoms with E-state index in [1.807, 2.05) is 50.2 Å². The summed E-state index contributed by atoms with van der Waals surface area (Å²) < 4.78 is 0. The van der Waals surface area contributed by atoms with Crippen LogP contribution in [-0.2, 0) is 6.54 Å². The maximum atomic E-state index is 12.5. The van der Waals surface area contributed by atoms with Crippen molar-refractivity contribution in [1.82, 2.24) is 15.2 Å². The number of aromatic nitrogens is 1. The van der Waals surface area contributed by atoms with Crippen LogP contribution in [0.15, 0.2) is 48.5 Å². The standard InChI is InChI=1S/C21H22ClN3O2/c1-13(2)25(3)21(27)15-10-8-14(9-11-15)12-23-20(26)19-18(22)16-6-4-5-7-17(16)24-19/h4-11,13,24H,12H2,1-3H3,(H,23,26). The van der Waals surface area contributed by atoms with Gasteiger partial charge >= 0.3 is 0 Å². The Kier molecular flexibility index (Phi) is 5.51. The molecule has 2 N–H and O–H groups in total. The van der Waals surface area contributed by atoms with E-state index in [1.165, 1.54) is 0 Å². The first kappa shape index (κ1) is 19.0. The number of amides is 2. The number of hydrogen-bond donors (Lipinski definition) is 2. The Hall–Kier alpha value is -2.79. The van der Waals surface area contributed by atoms with Gasteiger partial charge < -0.3 is 15.2 Å². The van der Waals surface area contributed by atoms with Crippen LogP contribution in [0.1, 0.15) is 40.3 Å². The maximum absolute atomic E-state index is 12.5. The van der Waals surface area contributed by atoms with Crippen molar-refractivity contribution in [3.8, 4) is 0 Å². The topological polar surface area (TPSA) is 65.2 Å². The third kappa shape index (κ3) is 3.98. The molecule has 0 aliphatic rings. The Labute approximate surface area is 163 Å². The molecule has 0 unspecified atom stereocenters. The van der Waals surface area contributed by atoms with Crippen LogP contribution in [0.25, 0.3) is 10.9 Å². The van der Waals surface area contributed by atoms with Gasteiger partial charge in [-0.3, -0.25) is 9.59 Å². The zero-order chi connectivity index (χ0) is 19.6. The molecule has 0 radical (unpaired) electrons. The predicted molar refractivity (Wildman–Crippen MR) is 108 cm³/mol. The van der Waals surface area contributed by atoms with Gasteiger partial charge in [0.25, 0.3) is 11.8 Å². The molecule has 0 saturated carbocycles. The highest BCUT2D eigenvalue weighted by Crippen LogP contribution is 2.27. The average Bonchev–Trinajstić information content (AvgIpc) is 3.02. The van der Waals surface area contributed by atoms with Crippen LogP contribution < -0.4 is 5.32 Å². The molecular formula is C21H22ClN3O2. The van der Waals surface area contributed by atoms with E-state index in [0.717, 1.165) is 16.5 Å². The molecule has 0 aliphatic carbocycles. The van der Waals surface area contributed by atoms with E-state index in [1.54, 1.807) is 24.1 Å². The Balaban J connectivity index is 1.66. The summed E-state index contributed by atoms with van der Waals surface area (Å²) in [5.41, 5.74) is 2.70. The van der Waals surface area contributed by atoms with Crippen molar-refractivity contribution in [3.05, 3.63) is 70.4 Å². The minimum absolute atomic E-state index is 0.0227. The molecule has 2 aromatic carbocycles. The van der Waals surface area contributed by atoms with Gasteiger partial charge in [0.05, 0.1) is 5.02 Å². The molecule has 0 fully saturated rings. The maximum Gasteiger partial charge on any atom is 0.269 e. The van der Waals surface area contributed by atoms with Crippen molar-refractivity contribution in [2.75, 3.05) is 7.05 Å². The van der Waals surface area contributed by atoms with Gasteiger partial charge in [-0.25, -0.2) is 0 Å². The quantitative estimate of drug-likeness (QED) is 0.692. The lowest BCUT2D eigenvalue weighted by Gasteiger charge is -2.21. The number of para-hydroxylation sites is 1. The smallest absolute Gasteiger partial charge is 0.269 e. The highest BCUT2D eigenvalue weighted by Gasteiger charge is 2.16.